The average molecular weight is 297 g/mol. The Bertz CT molecular complexity index is 462. The standard InChI is InChI=1S/C12H13BrN2S/c1-8(14)11-7-16-12(15-11)6-9-2-4-10(13)5-3-9/h2-5,7-8H,6,14H2,1H3. The van der Waals surface area contributed by atoms with Gasteiger partial charge in [-0.2, -0.15) is 0 Å². The summed E-state index contributed by atoms with van der Waals surface area (Å²) in [6, 6.07) is 8.34. The molecule has 2 N–H and O–H groups in total. The fraction of sp³-hybridized carbons (Fsp3) is 0.250. The second kappa shape index (κ2) is 5.08. The lowest BCUT2D eigenvalue weighted by Crippen LogP contribution is -2.05. The van der Waals surface area contributed by atoms with Gasteiger partial charge >= 0.3 is 0 Å². The van der Waals surface area contributed by atoms with Crippen molar-refractivity contribution in [3.8, 4) is 0 Å². The third kappa shape index (κ3) is 2.90. The van der Waals surface area contributed by atoms with Crippen molar-refractivity contribution in [1.29, 1.82) is 0 Å². The molecule has 2 aromatic rings. The summed E-state index contributed by atoms with van der Waals surface area (Å²) >= 11 is 5.10. The van der Waals surface area contributed by atoms with E-state index in [0.29, 0.717) is 0 Å². The molecule has 0 fully saturated rings. The molecule has 0 amide bonds. The molecule has 0 saturated heterocycles. The van der Waals surface area contributed by atoms with Crippen LogP contribution in [0.1, 0.15) is 29.2 Å². The number of nitrogens with zero attached hydrogens (tertiary/aromatic N) is 1. The number of hydrogen-bond donors (Lipinski definition) is 1. The number of halogens is 1. The van der Waals surface area contributed by atoms with E-state index in [2.05, 4.69) is 45.2 Å². The average Bonchev–Trinajstić information content (AvgIpc) is 2.70. The number of hydrogen-bond acceptors (Lipinski definition) is 3. The van der Waals surface area contributed by atoms with Crippen molar-refractivity contribution in [2.75, 3.05) is 0 Å². The van der Waals surface area contributed by atoms with Crippen molar-refractivity contribution in [2.24, 2.45) is 5.73 Å². The highest BCUT2D eigenvalue weighted by molar-refractivity contribution is 9.10. The van der Waals surface area contributed by atoms with Crippen LogP contribution in [0, 0.1) is 0 Å². The summed E-state index contributed by atoms with van der Waals surface area (Å²) in [7, 11) is 0. The molecule has 4 heteroatoms. The summed E-state index contributed by atoms with van der Waals surface area (Å²) in [5.41, 5.74) is 8.03. The molecule has 1 unspecified atom stereocenters. The van der Waals surface area contributed by atoms with E-state index in [1.165, 1.54) is 5.56 Å². The molecular weight excluding hydrogens is 284 g/mol. The van der Waals surface area contributed by atoms with Gasteiger partial charge in [0.05, 0.1) is 10.7 Å². The van der Waals surface area contributed by atoms with E-state index < -0.39 is 0 Å². The SMILES string of the molecule is CC(N)c1csc(Cc2ccc(Br)cc2)n1. The molecule has 84 valence electrons. The summed E-state index contributed by atoms with van der Waals surface area (Å²) in [4.78, 5) is 4.51. The van der Waals surface area contributed by atoms with Gasteiger partial charge in [-0.1, -0.05) is 28.1 Å². The first kappa shape index (κ1) is 11.8. The lowest BCUT2D eigenvalue weighted by Gasteiger charge is -1.99. The van der Waals surface area contributed by atoms with Crippen LogP contribution in [-0.4, -0.2) is 4.98 Å². The van der Waals surface area contributed by atoms with Crippen LogP contribution in [0.5, 0.6) is 0 Å². The fourth-order valence-electron chi connectivity index (χ4n) is 1.39. The van der Waals surface area contributed by atoms with Crippen molar-refractivity contribution < 1.29 is 0 Å². The molecule has 0 aliphatic carbocycles. The van der Waals surface area contributed by atoms with Gasteiger partial charge in [-0.3, -0.25) is 0 Å². The topological polar surface area (TPSA) is 38.9 Å². The Hall–Kier alpha value is -0.710. The molecule has 0 spiro atoms. The molecular formula is C12H13BrN2S. The van der Waals surface area contributed by atoms with Gasteiger partial charge in [-0.25, -0.2) is 4.98 Å². The largest absolute Gasteiger partial charge is 0.323 e. The van der Waals surface area contributed by atoms with Crippen LogP contribution in [0.25, 0.3) is 0 Å². The van der Waals surface area contributed by atoms with Gasteiger partial charge in [-0.15, -0.1) is 11.3 Å². The molecule has 0 aliphatic heterocycles. The zero-order chi connectivity index (χ0) is 11.5. The monoisotopic (exact) mass is 296 g/mol. The molecule has 2 nitrogen and oxygen atoms in total. The molecule has 0 bridgehead atoms. The van der Waals surface area contributed by atoms with Crippen LogP contribution in [0.4, 0.5) is 0 Å². The maximum Gasteiger partial charge on any atom is 0.0972 e. The van der Waals surface area contributed by atoms with Gasteiger partial charge in [0.1, 0.15) is 0 Å². The number of nitrogens with two attached hydrogens (primary N) is 1. The Morgan fingerprint density at radius 1 is 1.38 bits per heavy atom. The molecule has 1 aromatic carbocycles. The summed E-state index contributed by atoms with van der Waals surface area (Å²) in [5.74, 6) is 0. The zero-order valence-electron chi connectivity index (χ0n) is 8.98. The Kier molecular flexibility index (Phi) is 3.74. The molecule has 16 heavy (non-hydrogen) atoms. The summed E-state index contributed by atoms with van der Waals surface area (Å²) in [6.45, 7) is 1.96. The normalized spacial score (nSPS) is 12.7. The summed E-state index contributed by atoms with van der Waals surface area (Å²) in [5, 5.41) is 3.16. The number of aromatic nitrogens is 1. The van der Waals surface area contributed by atoms with Crippen molar-refractivity contribution >= 4 is 27.3 Å². The van der Waals surface area contributed by atoms with E-state index in [9.17, 15) is 0 Å². The Balaban J connectivity index is 2.11. The first-order chi connectivity index (χ1) is 7.65. The number of benzene rings is 1. The quantitative estimate of drug-likeness (QED) is 0.941. The zero-order valence-corrected chi connectivity index (χ0v) is 11.4. The highest BCUT2D eigenvalue weighted by Crippen LogP contribution is 2.19. The van der Waals surface area contributed by atoms with Crippen LogP contribution < -0.4 is 5.73 Å². The third-order valence-corrected chi connectivity index (χ3v) is 3.70. The minimum Gasteiger partial charge on any atom is -0.323 e. The minimum absolute atomic E-state index is 0.0231. The second-order valence-electron chi connectivity index (χ2n) is 3.76. The van der Waals surface area contributed by atoms with E-state index in [1.54, 1.807) is 11.3 Å². The smallest absolute Gasteiger partial charge is 0.0972 e. The molecule has 1 aromatic heterocycles. The van der Waals surface area contributed by atoms with Crippen molar-refractivity contribution in [1.82, 2.24) is 4.98 Å². The van der Waals surface area contributed by atoms with Gasteiger partial charge in [0, 0.05) is 22.3 Å². The van der Waals surface area contributed by atoms with Gasteiger partial charge in [0.25, 0.3) is 0 Å². The van der Waals surface area contributed by atoms with Crippen LogP contribution in [0.15, 0.2) is 34.1 Å². The second-order valence-corrected chi connectivity index (χ2v) is 5.62. The molecule has 1 heterocycles. The Labute approximate surface area is 108 Å². The first-order valence-electron chi connectivity index (χ1n) is 5.09. The van der Waals surface area contributed by atoms with Crippen molar-refractivity contribution in [2.45, 2.75) is 19.4 Å². The van der Waals surface area contributed by atoms with Crippen molar-refractivity contribution in [3.63, 3.8) is 0 Å². The number of rotatable bonds is 3. The summed E-state index contributed by atoms with van der Waals surface area (Å²) in [6.07, 6.45) is 0.880. The van der Waals surface area contributed by atoms with Crippen LogP contribution in [0.2, 0.25) is 0 Å². The molecule has 0 saturated carbocycles. The van der Waals surface area contributed by atoms with Gasteiger partial charge in [0.15, 0.2) is 0 Å². The maximum absolute atomic E-state index is 5.78. The third-order valence-electron chi connectivity index (χ3n) is 2.30. The fourth-order valence-corrected chi connectivity index (χ4v) is 2.59. The van der Waals surface area contributed by atoms with Gasteiger partial charge in [-0.05, 0) is 24.6 Å². The van der Waals surface area contributed by atoms with Gasteiger partial charge < -0.3 is 5.73 Å². The van der Waals surface area contributed by atoms with E-state index in [0.717, 1.165) is 21.6 Å². The first-order valence-corrected chi connectivity index (χ1v) is 6.77. The number of thiazole rings is 1. The van der Waals surface area contributed by atoms with Crippen molar-refractivity contribution in [3.05, 3.63) is 50.4 Å². The Morgan fingerprint density at radius 3 is 2.62 bits per heavy atom. The summed E-state index contributed by atoms with van der Waals surface area (Å²) < 4.78 is 1.10. The van der Waals surface area contributed by atoms with E-state index >= 15 is 0 Å². The molecule has 0 radical (unpaired) electrons. The van der Waals surface area contributed by atoms with E-state index in [-0.39, 0.29) is 6.04 Å². The lowest BCUT2D eigenvalue weighted by atomic mass is 10.2. The lowest BCUT2D eigenvalue weighted by molar-refractivity contribution is 0.784. The minimum atomic E-state index is 0.0231. The highest BCUT2D eigenvalue weighted by Gasteiger charge is 2.06. The Morgan fingerprint density at radius 2 is 2.06 bits per heavy atom. The van der Waals surface area contributed by atoms with Crippen LogP contribution >= 0.6 is 27.3 Å². The molecule has 0 aliphatic rings. The van der Waals surface area contributed by atoms with E-state index in [1.807, 2.05) is 12.3 Å². The van der Waals surface area contributed by atoms with E-state index in [4.69, 9.17) is 5.73 Å². The van der Waals surface area contributed by atoms with Crippen LogP contribution in [-0.2, 0) is 6.42 Å². The molecule has 2 rings (SSSR count). The highest BCUT2D eigenvalue weighted by atomic mass is 79.9. The predicted octanol–water partition coefficient (Wildman–Crippen LogP) is 3.52. The van der Waals surface area contributed by atoms with Crippen LogP contribution in [0.3, 0.4) is 0 Å². The maximum atomic E-state index is 5.78. The molecule has 1 atom stereocenters. The van der Waals surface area contributed by atoms with Gasteiger partial charge in [0.2, 0.25) is 0 Å². The predicted molar refractivity (Wildman–Crippen MR) is 71.7 cm³/mol.